The van der Waals surface area contributed by atoms with Gasteiger partial charge in [0.05, 0.1) is 21.7 Å². The van der Waals surface area contributed by atoms with Crippen LogP contribution in [0.2, 0.25) is 10.0 Å². The molecule has 0 saturated heterocycles. The minimum Gasteiger partial charge on any atom is -0.490 e. The number of ether oxygens (including phenoxy) is 4. The monoisotopic (exact) mass is 622 g/mol. The maximum Gasteiger partial charge on any atom is 0.303 e. The molecule has 0 radical (unpaired) electrons. The highest BCUT2D eigenvalue weighted by atomic mass is 35.5. The van der Waals surface area contributed by atoms with Gasteiger partial charge in [-0.25, -0.2) is 8.42 Å². The Balaban J connectivity index is 2.15. The molecular weight excluding hydrogens is 591 g/mol. The molecule has 0 aliphatic heterocycles. The predicted molar refractivity (Wildman–Crippen MR) is 152 cm³/mol. The number of benzene rings is 2. The summed E-state index contributed by atoms with van der Waals surface area (Å²) in [7, 11) is -3.36. The number of alkyl halides is 1. The summed E-state index contributed by atoms with van der Waals surface area (Å²) in [6.07, 6.45) is -1.56. The van der Waals surface area contributed by atoms with Crippen molar-refractivity contribution in [3.05, 3.63) is 57.6 Å². The third-order valence-corrected chi connectivity index (χ3v) is 8.53. The Morgan fingerprint density at radius 2 is 1.38 bits per heavy atom. The molecule has 0 fully saturated rings. The van der Waals surface area contributed by atoms with Crippen LogP contribution in [0.4, 0.5) is 0 Å². The number of carbonyl (C=O) groups excluding carboxylic acids is 2. The minimum absolute atomic E-state index is 0.00455. The van der Waals surface area contributed by atoms with Crippen molar-refractivity contribution in [2.24, 2.45) is 0 Å². The van der Waals surface area contributed by atoms with E-state index in [-0.39, 0.29) is 36.3 Å². The van der Waals surface area contributed by atoms with Crippen molar-refractivity contribution in [3.8, 4) is 11.5 Å². The smallest absolute Gasteiger partial charge is 0.303 e. The highest BCUT2D eigenvalue weighted by Gasteiger charge is 2.27. The van der Waals surface area contributed by atoms with Crippen molar-refractivity contribution in [2.75, 3.05) is 30.6 Å². The molecule has 8 nitrogen and oxygen atoms in total. The highest BCUT2D eigenvalue weighted by molar-refractivity contribution is 7.91. The van der Waals surface area contributed by atoms with Crippen molar-refractivity contribution >= 4 is 56.6 Å². The summed E-state index contributed by atoms with van der Waals surface area (Å²) in [4.78, 5) is 22.6. The lowest BCUT2D eigenvalue weighted by Gasteiger charge is -2.27. The molecule has 2 unspecified atom stereocenters. The molecule has 12 heteroatoms. The van der Waals surface area contributed by atoms with Gasteiger partial charge in [0.25, 0.3) is 0 Å². The Kier molecular flexibility index (Phi) is 12.2. The highest BCUT2D eigenvalue weighted by Crippen LogP contribution is 2.40. The van der Waals surface area contributed by atoms with Crippen LogP contribution in [0.25, 0.3) is 0 Å². The molecule has 0 aromatic heterocycles. The first-order valence-corrected chi connectivity index (χ1v) is 15.3. The normalized spacial score (nSPS) is 13.3. The molecule has 216 valence electrons. The molecule has 0 aliphatic carbocycles. The number of hydrogen-bond acceptors (Lipinski definition) is 8. The van der Waals surface area contributed by atoms with E-state index in [9.17, 15) is 18.0 Å². The van der Waals surface area contributed by atoms with Gasteiger partial charge in [0.1, 0.15) is 31.2 Å². The van der Waals surface area contributed by atoms with Crippen LogP contribution in [0.3, 0.4) is 0 Å². The molecule has 0 bridgehead atoms. The fourth-order valence-electron chi connectivity index (χ4n) is 3.66. The maximum absolute atomic E-state index is 12.0. The number of hydrogen-bond donors (Lipinski definition) is 0. The average Bonchev–Trinajstić information content (AvgIpc) is 2.85. The van der Waals surface area contributed by atoms with Crippen LogP contribution >= 0.6 is 34.8 Å². The molecule has 2 atom stereocenters. The second-order valence-electron chi connectivity index (χ2n) is 9.36. The fraction of sp³-hybridized carbons (Fsp3) is 0.481. The third kappa shape index (κ3) is 10.0. The Bertz CT molecular complexity index is 1220. The van der Waals surface area contributed by atoms with Crippen molar-refractivity contribution in [3.63, 3.8) is 0 Å². The molecule has 0 N–H and O–H groups in total. The largest absolute Gasteiger partial charge is 0.490 e. The zero-order chi connectivity index (χ0) is 29.4. The first-order valence-electron chi connectivity index (χ1n) is 12.1. The molecule has 0 amide bonds. The van der Waals surface area contributed by atoms with Gasteiger partial charge in [-0.15, -0.1) is 11.6 Å². The molecule has 2 aromatic carbocycles. The van der Waals surface area contributed by atoms with Crippen LogP contribution in [0.1, 0.15) is 45.7 Å². The second kappa shape index (κ2) is 14.4. The van der Waals surface area contributed by atoms with Crippen molar-refractivity contribution in [2.45, 2.75) is 52.2 Å². The van der Waals surface area contributed by atoms with Crippen LogP contribution in [0.5, 0.6) is 11.5 Å². The third-order valence-electron chi connectivity index (χ3n) is 5.86. The summed E-state index contributed by atoms with van der Waals surface area (Å²) >= 11 is 18.8. The molecule has 0 spiro atoms. The summed E-state index contributed by atoms with van der Waals surface area (Å²) in [5.41, 5.74) is 1.24. The van der Waals surface area contributed by atoms with Gasteiger partial charge in [0.15, 0.2) is 15.6 Å². The van der Waals surface area contributed by atoms with Gasteiger partial charge in [0, 0.05) is 25.0 Å². The van der Waals surface area contributed by atoms with Crippen LogP contribution in [-0.4, -0.2) is 63.2 Å². The second-order valence-corrected chi connectivity index (χ2v) is 12.9. The quantitative estimate of drug-likeness (QED) is 0.197. The Labute approximate surface area is 244 Å². The molecule has 0 aliphatic rings. The summed E-state index contributed by atoms with van der Waals surface area (Å²) in [6, 6.07) is 10.8. The molecule has 2 rings (SSSR count). The SMILES string of the molecule is CCS(=O)(=O)CC(COc1ccc(C(C)(C)c2cc(Cl)c(OCC(CCl)OC(C)=O)c(Cl)c2)cc1)OC(C)=O. The molecule has 2 aromatic rings. The van der Waals surface area contributed by atoms with Gasteiger partial charge in [-0.1, -0.05) is 56.1 Å². The van der Waals surface area contributed by atoms with Gasteiger partial charge in [-0.05, 0) is 35.4 Å². The first-order chi connectivity index (χ1) is 18.2. The van der Waals surface area contributed by atoms with Crippen molar-refractivity contribution in [1.82, 2.24) is 0 Å². The van der Waals surface area contributed by atoms with E-state index in [0.717, 1.165) is 11.1 Å². The van der Waals surface area contributed by atoms with Crippen LogP contribution in [0.15, 0.2) is 36.4 Å². The number of halogens is 3. The molecule has 0 saturated carbocycles. The van der Waals surface area contributed by atoms with Gasteiger partial charge in [-0.2, -0.15) is 0 Å². The van der Waals surface area contributed by atoms with E-state index in [1.165, 1.54) is 20.8 Å². The van der Waals surface area contributed by atoms with E-state index >= 15 is 0 Å². The van der Waals surface area contributed by atoms with E-state index in [2.05, 4.69) is 0 Å². The fourth-order valence-corrected chi connectivity index (χ4v) is 5.37. The van der Waals surface area contributed by atoms with E-state index in [4.69, 9.17) is 53.8 Å². The Morgan fingerprint density at radius 3 is 1.87 bits per heavy atom. The van der Waals surface area contributed by atoms with Gasteiger partial charge in [-0.3, -0.25) is 9.59 Å². The molecular formula is C27H33Cl3O8S. The predicted octanol–water partition coefficient (Wildman–Crippen LogP) is 5.61. The summed E-state index contributed by atoms with van der Waals surface area (Å²) in [6.45, 7) is 7.94. The number of carbonyl (C=O) groups is 2. The first kappa shape index (κ1) is 33.0. The molecule has 0 heterocycles. The van der Waals surface area contributed by atoms with E-state index in [1.807, 2.05) is 26.0 Å². The standard InChI is InChI=1S/C27H33Cl3O8S/c1-6-39(33,34)16-23(38-18(3)32)15-35-21-9-7-19(8-10-21)27(4,5)20-11-24(29)26(25(30)12-20)36-14-22(13-28)37-17(2)31/h7-12,22-23H,6,13-16H2,1-5H3. The number of sulfone groups is 1. The van der Waals surface area contributed by atoms with Crippen LogP contribution in [0, 0.1) is 0 Å². The Morgan fingerprint density at radius 1 is 0.872 bits per heavy atom. The van der Waals surface area contributed by atoms with E-state index < -0.39 is 39.4 Å². The zero-order valence-corrected chi connectivity index (χ0v) is 25.5. The number of esters is 2. The minimum atomic E-state index is -3.36. The molecule has 39 heavy (non-hydrogen) atoms. The van der Waals surface area contributed by atoms with Gasteiger partial charge in [0.2, 0.25) is 0 Å². The van der Waals surface area contributed by atoms with Gasteiger partial charge < -0.3 is 18.9 Å². The summed E-state index contributed by atoms with van der Waals surface area (Å²) in [5.74, 6) is -0.614. The maximum atomic E-state index is 12.0. The average molecular weight is 624 g/mol. The zero-order valence-electron chi connectivity index (χ0n) is 22.5. The lowest BCUT2D eigenvalue weighted by atomic mass is 9.78. The summed E-state index contributed by atoms with van der Waals surface area (Å²) in [5, 5.41) is 0.584. The van der Waals surface area contributed by atoms with Crippen molar-refractivity contribution < 1.29 is 37.0 Å². The topological polar surface area (TPSA) is 105 Å². The number of rotatable bonds is 14. The summed E-state index contributed by atoms with van der Waals surface area (Å²) < 4.78 is 45.6. The van der Waals surface area contributed by atoms with E-state index in [1.54, 1.807) is 24.3 Å². The van der Waals surface area contributed by atoms with E-state index in [0.29, 0.717) is 15.8 Å². The Hall–Kier alpha value is -2.20. The van der Waals surface area contributed by atoms with Gasteiger partial charge >= 0.3 is 11.9 Å². The van der Waals surface area contributed by atoms with Crippen LogP contribution < -0.4 is 9.47 Å². The van der Waals surface area contributed by atoms with Crippen LogP contribution in [-0.2, 0) is 34.3 Å². The van der Waals surface area contributed by atoms with Crippen molar-refractivity contribution in [1.29, 1.82) is 0 Å². The lowest BCUT2D eigenvalue weighted by Crippen LogP contribution is -2.32. The lowest BCUT2D eigenvalue weighted by molar-refractivity contribution is -0.147.